The number of hydrogen-bond donors (Lipinski definition) is 2. The molecule has 0 fully saturated rings. The highest BCUT2D eigenvalue weighted by Gasteiger charge is 2.09. The van der Waals surface area contributed by atoms with Crippen molar-refractivity contribution in [1.29, 1.82) is 5.26 Å². The molecule has 86 valence electrons. The first kappa shape index (κ1) is 10.3. The molecule has 3 aromatic rings. The molecule has 18 heavy (non-hydrogen) atoms. The van der Waals surface area contributed by atoms with Crippen molar-refractivity contribution in [2.24, 2.45) is 0 Å². The van der Waals surface area contributed by atoms with E-state index >= 15 is 0 Å². The molecule has 0 aliphatic rings. The fourth-order valence-electron chi connectivity index (χ4n) is 1.89. The van der Waals surface area contributed by atoms with Crippen molar-refractivity contribution in [1.82, 2.24) is 15.2 Å². The number of pyridine rings is 1. The van der Waals surface area contributed by atoms with Gasteiger partial charge in [-0.25, -0.2) is 4.98 Å². The van der Waals surface area contributed by atoms with Crippen molar-refractivity contribution in [2.45, 2.75) is 0 Å². The van der Waals surface area contributed by atoms with Crippen molar-refractivity contribution >= 4 is 16.6 Å². The van der Waals surface area contributed by atoms with Crippen LogP contribution in [0.5, 0.6) is 0 Å². The van der Waals surface area contributed by atoms with E-state index in [9.17, 15) is 0 Å². The number of benzene rings is 1. The van der Waals surface area contributed by atoms with Gasteiger partial charge in [-0.2, -0.15) is 10.4 Å². The quantitative estimate of drug-likeness (QED) is 0.631. The summed E-state index contributed by atoms with van der Waals surface area (Å²) in [6, 6.07) is 11.1. The van der Waals surface area contributed by atoms with Crippen molar-refractivity contribution < 1.29 is 0 Å². The predicted molar refractivity (Wildman–Crippen MR) is 68.5 cm³/mol. The number of rotatable bonds is 1. The molecule has 0 saturated heterocycles. The maximum absolute atomic E-state index is 8.86. The van der Waals surface area contributed by atoms with Gasteiger partial charge in [-0.1, -0.05) is 0 Å². The maximum Gasteiger partial charge on any atom is 0.141 e. The van der Waals surface area contributed by atoms with Gasteiger partial charge in [-0.05, 0) is 30.3 Å². The molecule has 0 radical (unpaired) electrons. The smallest absolute Gasteiger partial charge is 0.141 e. The molecule has 0 bridgehead atoms. The Bertz CT molecular complexity index is 766. The van der Waals surface area contributed by atoms with Crippen LogP contribution >= 0.6 is 0 Å². The molecule has 0 saturated carbocycles. The summed E-state index contributed by atoms with van der Waals surface area (Å²) in [6.07, 6.45) is 1.60. The minimum atomic E-state index is 0.368. The standard InChI is InChI=1S/C13H9N5/c14-7-10-5-8(3-4-16-10)13-11-6-9(15)1-2-12(11)17-18-13/h1-6H,15H2,(H,17,18). The molecule has 2 aromatic heterocycles. The molecule has 0 aliphatic heterocycles. The first-order valence-electron chi connectivity index (χ1n) is 5.38. The lowest BCUT2D eigenvalue weighted by molar-refractivity contribution is 1.12. The predicted octanol–water partition coefficient (Wildman–Crippen LogP) is 2.08. The molecule has 5 heteroatoms. The number of anilines is 1. The molecule has 0 unspecified atom stereocenters. The van der Waals surface area contributed by atoms with Crippen LogP contribution in [0.4, 0.5) is 5.69 Å². The highest BCUT2D eigenvalue weighted by Crippen LogP contribution is 2.27. The van der Waals surface area contributed by atoms with E-state index in [1.54, 1.807) is 12.3 Å². The number of hydrogen-bond acceptors (Lipinski definition) is 4. The SMILES string of the molecule is N#Cc1cc(-c2n[nH]c3ccc(N)cc23)ccn1. The minimum absolute atomic E-state index is 0.368. The normalized spacial score (nSPS) is 10.4. The second kappa shape index (κ2) is 3.86. The van der Waals surface area contributed by atoms with Crippen LogP contribution in [0.25, 0.3) is 22.2 Å². The first-order valence-corrected chi connectivity index (χ1v) is 5.38. The van der Waals surface area contributed by atoms with E-state index in [0.29, 0.717) is 11.4 Å². The lowest BCUT2D eigenvalue weighted by atomic mass is 10.1. The second-order valence-corrected chi connectivity index (χ2v) is 3.92. The van der Waals surface area contributed by atoms with Gasteiger partial charge in [-0.15, -0.1) is 0 Å². The zero-order valence-corrected chi connectivity index (χ0v) is 9.38. The Morgan fingerprint density at radius 1 is 1.22 bits per heavy atom. The summed E-state index contributed by atoms with van der Waals surface area (Å²) in [5.74, 6) is 0. The van der Waals surface area contributed by atoms with Crippen LogP contribution in [0.15, 0.2) is 36.5 Å². The van der Waals surface area contributed by atoms with Gasteiger partial charge in [0.25, 0.3) is 0 Å². The van der Waals surface area contributed by atoms with Crippen molar-refractivity contribution in [3.63, 3.8) is 0 Å². The van der Waals surface area contributed by atoms with Crippen LogP contribution in [0.1, 0.15) is 5.69 Å². The largest absolute Gasteiger partial charge is 0.399 e. The van der Waals surface area contributed by atoms with Gasteiger partial charge in [-0.3, -0.25) is 5.10 Å². The van der Waals surface area contributed by atoms with E-state index in [1.165, 1.54) is 0 Å². The maximum atomic E-state index is 8.86. The Balaban J connectivity index is 2.25. The van der Waals surface area contributed by atoms with Crippen LogP contribution in [-0.2, 0) is 0 Å². The minimum Gasteiger partial charge on any atom is -0.399 e. The topological polar surface area (TPSA) is 91.4 Å². The van der Waals surface area contributed by atoms with Crippen LogP contribution in [-0.4, -0.2) is 15.2 Å². The van der Waals surface area contributed by atoms with E-state index in [4.69, 9.17) is 11.0 Å². The zero-order valence-electron chi connectivity index (χ0n) is 9.38. The first-order chi connectivity index (χ1) is 8.78. The summed E-state index contributed by atoms with van der Waals surface area (Å²) in [6.45, 7) is 0. The third kappa shape index (κ3) is 1.57. The van der Waals surface area contributed by atoms with Crippen LogP contribution in [0.2, 0.25) is 0 Å². The van der Waals surface area contributed by atoms with E-state index in [1.807, 2.05) is 30.3 Å². The molecule has 0 aliphatic carbocycles. The number of nitrogen functional groups attached to an aromatic ring is 1. The highest BCUT2D eigenvalue weighted by atomic mass is 15.1. The number of nitrogens with zero attached hydrogens (tertiary/aromatic N) is 3. The molecule has 0 amide bonds. The van der Waals surface area contributed by atoms with Gasteiger partial charge in [0, 0.05) is 22.8 Å². The Labute approximate surface area is 103 Å². The third-order valence-electron chi connectivity index (χ3n) is 2.73. The van der Waals surface area contributed by atoms with Gasteiger partial charge in [0.05, 0.1) is 5.52 Å². The molecule has 5 nitrogen and oxygen atoms in total. The van der Waals surface area contributed by atoms with Crippen LogP contribution in [0.3, 0.4) is 0 Å². The lowest BCUT2D eigenvalue weighted by Gasteiger charge is -1.98. The summed E-state index contributed by atoms with van der Waals surface area (Å²) in [5.41, 5.74) is 9.36. The monoisotopic (exact) mass is 235 g/mol. The summed E-state index contributed by atoms with van der Waals surface area (Å²) in [4.78, 5) is 3.94. The van der Waals surface area contributed by atoms with Gasteiger partial charge >= 0.3 is 0 Å². The van der Waals surface area contributed by atoms with Crippen molar-refractivity contribution in [3.05, 3.63) is 42.2 Å². The average Bonchev–Trinajstić information content (AvgIpc) is 2.81. The fourth-order valence-corrected chi connectivity index (χ4v) is 1.89. The Hall–Kier alpha value is -2.87. The average molecular weight is 235 g/mol. The Morgan fingerprint density at radius 2 is 2.11 bits per heavy atom. The van der Waals surface area contributed by atoms with E-state index in [-0.39, 0.29) is 0 Å². The number of nitrogens with one attached hydrogen (secondary N) is 1. The molecule has 3 N–H and O–H groups in total. The number of aromatic nitrogens is 3. The Morgan fingerprint density at radius 3 is 2.94 bits per heavy atom. The van der Waals surface area contributed by atoms with Gasteiger partial charge in [0.15, 0.2) is 0 Å². The zero-order chi connectivity index (χ0) is 12.5. The van der Waals surface area contributed by atoms with E-state index in [0.717, 1.165) is 22.2 Å². The lowest BCUT2D eigenvalue weighted by Crippen LogP contribution is -1.86. The number of aromatic amines is 1. The highest BCUT2D eigenvalue weighted by molar-refractivity contribution is 5.94. The van der Waals surface area contributed by atoms with Crippen molar-refractivity contribution in [2.75, 3.05) is 5.73 Å². The molecular weight excluding hydrogens is 226 g/mol. The van der Waals surface area contributed by atoms with Gasteiger partial charge < -0.3 is 5.73 Å². The van der Waals surface area contributed by atoms with E-state index in [2.05, 4.69) is 15.2 Å². The number of nitrogens with two attached hydrogens (primary N) is 1. The van der Waals surface area contributed by atoms with Crippen LogP contribution < -0.4 is 5.73 Å². The van der Waals surface area contributed by atoms with Crippen LogP contribution in [0, 0.1) is 11.3 Å². The van der Waals surface area contributed by atoms with E-state index < -0.39 is 0 Å². The molecule has 1 aromatic carbocycles. The molecule has 3 rings (SSSR count). The summed E-state index contributed by atoms with van der Waals surface area (Å²) in [5, 5.41) is 17.0. The number of fused-ring (bicyclic) bond motifs is 1. The number of H-pyrrole nitrogens is 1. The van der Waals surface area contributed by atoms with Gasteiger partial charge in [0.1, 0.15) is 17.5 Å². The molecular formula is C13H9N5. The third-order valence-corrected chi connectivity index (χ3v) is 2.73. The fraction of sp³-hybridized carbons (Fsp3) is 0. The molecule has 2 heterocycles. The van der Waals surface area contributed by atoms with Crippen molar-refractivity contribution in [3.8, 4) is 17.3 Å². The molecule has 0 atom stereocenters. The second-order valence-electron chi connectivity index (χ2n) is 3.92. The molecule has 0 spiro atoms. The van der Waals surface area contributed by atoms with Gasteiger partial charge in [0.2, 0.25) is 0 Å². The number of nitriles is 1. The summed E-state index contributed by atoms with van der Waals surface area (Å²) >= 11 is 0. The summed E-state index contributed by atoms with van der Waals surface area (Å²) < 4.78 is 0. The summed E-state index contributed by atoms with van der Waals surface area (Å²) in [7, 11) is 0. The Kier molecular flexibility index (Phi) is 2.21.